The number of carbonyl (C=O) groups is 1. The Labute approximate surface area is 166 Å². The van der Waals surface area contributed by atoms with Crippen LogP contribution in [0.15, 0.2) is 24.3 Å². The van der Waals surface area contributed by atoms with Gasteiger partial charge in [0, 0.05) is 19.0 Å². The number of aryl methyl sites for hydroxylation is 1. The fraction of sp³-hybridized carbons (Fsp3) is 0.435. The lowest BCUT2D eigenvalue weighted by Gasteiger charge is -2.20. The summed E-state index contributed by atoms with van der Waals surface area (Å²) in [6.07, 6.45) is 0.431. The van der Waals surface area contributed by atoms with Gasteiger partial charge < -0.3 is 15.2 Å². The van der Waals surface area contributed by atoms with Gasteiger partial charge in [-0.05, 0) is 59.2 Å². The number of benzene rings is 2. The molecule has 0 saturated heterocycles. The first-order valence-corrected chi connectivity index (χ1v) is 9.62. The number of halogens is 1. The number of carbonyl (C=O) groups excluding carboxylic acids is 1. The van der Waals surface area contributed by atoms with Crippen molar-refractivity contribution in [3.8, 4) is 11.5 Å². The van der Waals surface area contributed by atoms with E-state index in [9.17, 15) is 9.90 Å². The normalized spacial score (nSPS) is 11.2. The van der Waals surface area contributed by atoms with Crippen molar-refractivity contribution >= 4 is 5.91 Å². The highest BCUT2D eigenvalue weighted by atomic mass is 19.1. The Kier molecular flexibility index (Phi) is 7.05. The van der Waals surface area contributed by atoms with Crippen molar-refractivity contribution in [2.75, 3.05) is 13.7 Å². The summed E-state index contributed by atoms with van der Waals surface area (Å²) in [6.45, 7) is 9.81. The van der Waals surface area contributed by atoms with Gasteiger partial charge in [-0.1, -0.05) is 33.8 Å². The quantitative estimate of drug-likeness (QED) is 0.717. The second-order valence-corrected chi connectivity index (χ2v) is 7.73. The van der Waals surface area contributed by atoms with Gasteiger partial charge in [0.2, 0.25) is 0 Å². The van der Waals surface area contributed by atoms with E-state index in [1.54, 1.807) is 19.2 Å². The molecular formula is C23H30FNO3. The van der Waals surface area contributed by atoms with E-state index < -0.39 is 0 Å². The van der Waals surface area contributed by atoms with Gasteiger partial charge in [0.05, 0.1) is 0 Å². The van der Waals surface area contributed by atoms with Gasteiger partial charge in [-0.3, -0.25) is 4.79 Å². The maximum atomic E-state index is 15.0. The molecule has 0 fully saturated rings. The van der Waals surface area contributed by atoms with Gasteiger partial charge in [-0.25, -0.2) is 4.39 Å². The number of ether oxygens (including phenoxy) is 1. The summed E-state index contributed by atoms with van der Waals surface area (Å²) in [6, 6.07) is 7.03. The number of amides is 1. The fourth-order valence-electron chi connectivity index (χ4n) is 3.38. The molecule has 0 bridgehead atoms. The molecule has 5 heteroatoms. The summed E-state index contributed by atoms with van der Waals surface area (Å²) in [5.74, 6) is 0.190. The monoisotopic (exact) mass is 387 g/mol. The van der Waals surface area contributed by atoms with Crippen LogP contribution in [0.3, 0.4) is 0 Å². The summed E-state index contributed by atoms with van der Waals surface area (Å²) >= 11 is 0. The summed E-state index contributed by atoms with van der Waals surface area (Å²) < 4.78 is 20.6. The molecule has 28 heavy (non-hydrogen) atoms. The summed E-state index contributed by atoms with van der Waals surface area (Å²) in [7, 11) is 1.57. The first-order valence-electron chi connectivity index (χ1n) is 9.62. The minimum atomic E-state index is -0.343. The zero-order valence-corrected chi connectivity index (χ0v) is 17.5. The predicted octanol–water partition coefficient (Wildman–Crippen LogP) is 4.80. The Bertz CT molecular complexity index is 859. The van der Waals surface area contributed by atoms with Crippen molar-refractivity contribution in [2.45, 2.75) is 52.9 Å². The molecule has 2 N–H and O–H groups in total. The van der Waals surface area contributed by atoms with Crippen molar-refractivity contribution < 1.29 is 19.0 Å². The molecular weight excluding hydrogens is 357 g/mol. The minimum Gasteiger partial charge on any atom is -0.508 e. The number of nitrogens with one attached hydrogen (secondary N) is 1. The molecule has 0 aliphatic heterocycles. The molecule has 0 atom stereocenters. The molecule has 1 amide bonds. The van der Waals surface area contributed by atoms with Gasteiger partial charge in [-0.15, -0.1) is 0 Å². The molecule has 4 nitrogen and oxygen atoms in total. The van der Waals surface area contributed by atoms with E-state index in [2.05, 4.69) is 19.2 Å². The van der Waals surface area contributed by atoms with Gasteiger partial charge in [0.25, 0.3) is 5.91 Å². The Balaban J connectivity index is 2.43. The highest BCUT2D eigenvalue weighted by molar-refractivity contribution is 5.77. The number of hydrogen-bond donors (Lipinski definition) is 2. The molecule has 2 aromatic rings. The fourth-order valence-corrected chi connectivity index (χ4v) is 3.38. The summed E-state index contributed by atoms with van der Waals surface area (Å²) in [5, 5.41) is 12.6. The zero-order valence-electron chi connectivity index (χ0n) is 17.5. The van der Waals surface area contributed by atoms with Crippen molar-refractivity contribution in [1.82, 2.24) is 5.32 Å². The lowest BCUT2D eigenvalue weighted by molar-refractivity contribution is -0.122. The predicted molar refractivity (Wildman–Crippen MR) is 110 cm³/mol. The van der Waals surface area contributed by atoms with Crippen LogP contribution in [0, 0.1) is 12.7 Å². The molecule has 0 saturated carbocycles. The molecule has 0 heterocycles. The van der Waals surface area contributed by atoms with Crippen LogP contribution in [0.4, 0.5) is 4.39 Å². The standard InChI is InChI=1S/C23H30FNO3/c1-13(2)18-11-17(28-12-21(27)25-6)9-15(5)19(18)10-16-7-8-20(26)22(14(3)4)23(16)24/h7-9,11,13-14,26H,10,12H2,1-6H3,(H,25,27). The molecule has 0 unspecified atom stereocenters. The van der Waals surface area contributed by atoms with E-state index in [-0.39, 0.29) is 35.9 Å². The smallest absolute Gasteiger partial charge is 0.257 e. The van der Waals surface area contributed by atoms with Gasteiger partial charge >= 0.3 is 0 Å². The Hall–Kier alpha value is -2.56. The second kappa shape index (κ2) is 9.09. The van der Waals surface area contributed by atoms with Crippen LogP contribution in [-0.4, -0.2) is 24.7 Å². The maximum absolute atomic E-state index is 15.0. The van der Waals surface area contributed by atoms with Crippen molar-refractivity contribution in [1.29, 1.82) is 0 Å². The largest absolute Gasteiger partial charge is 0.508 e. The lowest BCUT2D eigenvalue weighted by atomic mass is 9.88. The molecule has 2 aromatic carbocycles. The van der Waals surface area contributed by atoms with Gasteiger partial charge in [-0.2, -0.15) is 0 Å². The third-order valence-corrected chi connectivity index (χ3v) is 4.93. The van der Waals surface area contributed by atoms with Gasteiger partial charge in [0.15, 0.2) is 6.61 Å². The van der Waals surface area contributed by atoms with Crippen LogP contribution >= 0.6 is 0 Å². The molecule has 0 aliphatic rings. The Morgan fingerprint density at radius 2 is 1.86 bits per heavy atom. The average Bonchev–Trinajstić information content (AvgIpc) is 2.62. The van der Waals surface area contributed by atoms with Crippen LogP contribution < -0.4 is 10.1 Å². The molecule has 0 aliphatic carbocycles. The number of hydrogen-bond acceptors (Lipinski definition) is 3. The van der Waals surface area contributed by atoms with E-state index in [0.29, 0.717) is 23.3 Å². The molecule has 2 rings (SSSR count). The zero-order chi connectivity index (χ0) is 21.0. The lowest BCUT2D eigenvalue weighted by Crippen LogP contribution is -2.24. The maximum Gasteiger partial charge on any atom is 0.257 e. The van der Waals surface area contributed by atoms with Crippen LogP contribution in [0.25, 0.3) is 0 Å². The first kappa shape index (κ1) is 21.7. The highest BCUT2D eigenvalue weighted by Crippen LogP contribution is 2.34. The van der Waals surface area contributed by atoms with Crippen LogP contribution in [0.2, 0.25) is 0 Å². The number of phenols is 1. The Morgan fingerprint density at radius 3 is 2.43 bits per heavy atom. The van der Waals surface area contributed by atoms with E-state index >= 15 is 4.39 Å². The number of rotatable bonds is 7. The van der Waals surface area contributed by atoms with E-state index in [1.165, 1.54) is 0 Å². The number of likely N-dealkylation sites (N-methyl/N-ethyl adjacent to an activating group) is 1. The molecule has 0 aromatic heterocycles. The Morgan fingerprint density at radius 1 is 1.18 bits per heavy atom. The van der Waals surface area contributed by atoms with Crippen molar-refractivity contribution in [2.24, 2.45) is 0 Å². The minimum absolute atomic E-state index is 0.00463. The average molecular weight is 387 g/mol. The van der Waals surface area contributed by atoms with Crippen LogP contribution in [-0.2, 0) is 11.2 Å². The van der Waals surface area contributed by atoms with Crippen LogP contribution in [0.1, 0.15) is 67.3 Å². The van der Waals surface area contributed by atoms with E-state index in [1.807, 2.05) is 32.9 Å². The molecule has 0 radical (unpaired) electrons. The third kappa shape index (κ3) is 4.83. The summed E-state index contributed by atoms with van der Waals surface area (Å²) in [5.41, 5.74) is 4.00. The first-order chi connectivity index (χ1) is 13.1. The van der Waals surface area contributed by atoms with E-state index in [0.717, 1.165) is 16.7 Å². The topological polar surface area (TPSA) is 58.6 Å². The molecule has 152 valence electrons. The second-order valence-electron chi connectivity index (χ2n) is 7.73. The van der Waals surface area contributed by atoms with Crippen LogP contribution in [0.5, 0.6) is 11.5 Å². The number of phenolic OH excluding ortho intramolecular Hbond substituents is 1. The van der Waals surface area contributed by atoms with Crippen molar-refractivity contribution in [3.63, 3.8) is 0 Å². The van der Waals surface area contributed by atoms with Gasteiger partial charge in [0.1, 0.15) is 17.3 Å². The third-order valence-electron chi connectivity index (χ3n) is 4.93. The highest BCUT2D eigenvalue weighted by Gasteiger charge is 2.19. The SMILES string of the molecule is CNC(=O)COc1cc(C)c(Cc2ccc(O)c(C(C)C)c2F)c(C(C)C)c1. The van der Waals surface area contributed by atoms with E-state index in [4.69, 9.17) is 4.74 Å². The molecule has 0 spiro atoms. The van der Waals surface area contributed by atoms with Crippen molar-refractivity contribution in [3.05, 3.63) is 57.9 Å². The number of aromatic hydroxyl groups is 1. The summed E-state index contributed by atoms with van der Waals surface area (Å²) in [4.78, 5) is 11.5.